The molecule has 0 N–H and O–H groups in total. The van der Waals surface area contributed by atoms with E-state index in [9.17, 15) is 9.59 Å². The summed E-state index contributed by atoms with van der Waals surface area (Å²) in [6.07, 6.45) is 2.70. The van der Waals surface area contributed by atoms with E-state index in [0.717, 1.165) is 48.4 Å². The Morgan fingerprint density at radius 2 is 1.85 bits per heavy atom. The van der Waals surface area contributed by atoms with E-state index in [-0.39, 0.29) is 18.5 Å². The molecule has 0 unspecified atom stereocenters. The SMILES string of the molecule is O=C1OCc2c1ccc(CCN1CCN(C(=O)Cc3ccc(-n4cnnn4)cc3)CC1)c2Cl. The lowest BCUT2D eigenvalue weighted by Gasteiger charge is -2.35. The van der Waals surface area contributed by atoms with Crippen LogP contribution in [0.2, 0.25) is 5.02 Å². The highest BCUT2D eigenvalue weighted by atomic mass is 35.5. The molecule has 1 amide bonds. The number of benzene rings is 2. The average molecular weight is 467 g/mol. The fraction of sp³-hybridized carbons (Fsp3) is 0.348. The first kappa shape index (κ1) is 21.5. The zero-order valence-electron chi connectivity index (χ0n) is 18.0. The van der Waals surface area contributed by atoms with Crippen LogP contribution in [0.25, 0.3) is 5.69 Å². The van der Waals surface area contributed by atoms with Crippen LogP contribution in [0.1, 0.15) is 27.0 Å². The third kappa shape index (κ3) is 4.60. The molecule has 0 spiro atoms. The molecule has 170 valence electrons. The highest BCUT2D eigenvalue weighted by Gasteiger charge is 2.26. The van der Waals surface area contributed by atoms with Crippen LogP contribution in [0, 0.1) is 0 Å². The maximum absolute atomic E-state index is 12.8. The van der Waals surface area contributed by atoms with Gasteiger partial charge in [-0.25, -0.2) is 9.48 Å². The predicted octanol–water partition coefficient (Wildman–Crippen LogP) is 1.92. The number of tetrazole rings is 1. The lowest BCUT2D eigenvalue weighted by molar-refractivity contribution is -0.132. The Balaban J connectivity index is 1.10. The molecular weight excluding hydrogens is 444 g/mol. The number of aromatic nitrogens is 4. The number of piperazine rings is 1. The van der Waals surface area contributed by atoms with Crippen LogP contribution < -0.4 is 0 Å². The number of ether oxygens (including phenoxy) is 1. The van der Waals surface area contributed by atoms with Crippen molar-refractivity contribution in [3.8, 4) is 5.69 Å². The van der Waals surface area contributed by atoms with Crippen LogP contribution in [-0.4, -0.2) is 74.6 Å². The number of esters is 1. The summed E-state index contributed by atoms with van der Waals surface area (Å²) in [5.41, 5.74) is 4.21. The van der Waals surface area contributed by atoms with Gasteiger partial charge >= 0.3 is 5.97 Å². The van der Waals surface area contributed by atoms with Crippen molar-refractivity contribution in [1.29, 1.82) is 0 Å². The molecule has 0 aliphatic carbocycles. The smallest absolute Gasteiger partial charge is 0.338 e. The molecule has 3 aromatic rings. The molecule has 1 fully saturated rings. The van der Waals surface area contributed by atoms with Gasteiger partial charge in [-0.15, -0.1) is 5.10 Å². The second kappa shape index (κ2) is 9.29. The zero-order chi connectivity index (χ0) is 22.8. The summed E-state index contributed by atoms with van der Waals surface area (Å²) >= 11 is 6.50. The van der Waals surface area contributed by atoms with Crippen molar-refractivity contribution in [3.63, 3.8) is 0 Å². The molecule has 0 bridgehead atoms. The average Bonchev–Trinajstić information content (AvgIpc) is 3.50. The molecular formula is C23H23ClN6O3. The van der Waals surface area contributed by atoms with Crippen LogP contribution in [0.4, 0.5) is 0 Å². The van der Waals surface area contributed by atoms with Gasteiger partial charge < -0.3 is 9.64 Å². The minimum absolute atomic E-state index is 0.135. The molecule has 2 aromatic carbocycles. The second-order valence-electron chi connectivity index (χ2n) is 8.21. The molecule has 3 heterocycles. The topological polar surface area (TPSA) is 93.5 Å². The monoisotopic (exact) mass is 466 g/mol. The first-order valence-electron chi connectivity index (χ1n) is 10.9. The van der Waals surface area contributed by atoms with Crippen LogP contribution >= 0.6 is 11.6 Å². The van der Waals surface area contributed by atoms with E-state index in [4.69, 9.17) is 16.3 Å². The second-order valence-corrected chi connectivity index (χ2v) is 8.59. The van der Waals surface area contributed by atoms with Crippen molar-refractivity contribution < 1.29 is 14.3 Å². The summed E-state index contributed by atoms with van der Waals surface area (Å²) < 4.78 is 6.65. The zero-order valence-corrected chi connectivity index (χ0v) is 18.7. The van der Waals surface area contributed by atoms with Gasteiger partial charge in [0.2, 0.25) is 5.91 Å². The highest BCUT2D eigenvalue weighted by Crippen LogP contribution is 2.30. The van der Waals surface area contributed by atoms with Crippen LogP contribution in [-0.2, 0) is 29.0 Å². The van der Waals surface area contributed by atoms with Gasteiger partial charge in [-0.1, -0.05) is 29.8 Å². The Labute approximate surface area is 195 Å². The maximum Gasteiger partial charge on any atom is 0.338 e. The third-order valence-corrected chi connectivity index (χ3v) is 6.69. The van der Waals surface area contributed by atoms with Crippen molar-refractivity contribution in [2.75, 3.05) is 32.7 Å². The number of carbonyl (C=O) groups excluding carboxylic acids is 2. The molecule has 0 saturated carbocycles. The largest absolute Gasteiger partial charge is 0.457 e. The number of hydrogen-bond donors (Lipinski definition) is 0. The number of hydrogen-bond acceptors (Lipinski definition) is 7. The van der Waals surface area contributed by atoms with Crippen molar-refractivity contribution >= 4 is 23.5 Å². The number of carbonyl (C=O) groups is 2. The van der Waals surface area contributed by atoms with Gasteiger partial charge in [-0.3, -0.25) is 9.69 Å². The number of amides is 1. The van der Waals surface area contributed by atoms with E-state index in [1.165, 1.54) is 6.33 Å². The van der Waals surface area contributed by atoms with Crippen molar-refractivity contribution in [3.05, 3.63) is 70.0 Å². The first-order chi connectivity index (χ1) is 16.1. The lowest BCUT2D eigenvalue weighted by atomic mass is 10.0. The Kier molecular flexibility index (Phi) is 6.06. The van der Waals surface area contributed by atoms with Gasteiger partial charge in [0.15, 0.2) is 0 Å². The number of nitrogens with zero attached hydrogens (tertiary/aromatic N) is 6. The fourth-order valence-corrected chi connectivity index (χ4v) is 4.56. The summed E-state index contributed by atoms with van der Waals surface area (Å²) in [6.45, 7) is 4.18. The molecule has 2 aliphatic rings. The molecule has 0 atom stereocenters. The van der Waals surface area contributed by atoms with Crippen LogP contribution in [0.3, 0.4) is 0 Å². The van der Waals surface area contributed by atoms with Crippen molar-refractivity contribution in [2.45, 2.75) is 19.4 Å². The minimum Gasteiger partial charge on any atom is -0.457 e. The highest BCUT2D eigenvalue weighted by molar-refractivity contribution is 6.32. The standard InChI is InChI=1S/C23H23ClN6O3/c24-22-17(3-6-19-20(22)14-33-23(19)32)7-8-28-9-11-29(12-10-28)21(31)13-16-1-4-18(5-2-16)30-15-25-26-27-30/h1-6,15H,7-14H2. The summed E-state index contributed by atoms with van der Waals surface area (Å²) in [4.78, 5) is 28.7. The summed E-state index contributed by atoms with van der Waals surface area (Å²) in [7, 11) is 0. The summed E-state index contributed by atoms with van der Waals surface area (Å²) in [5, 5.41) is 11.8. The quantitative estimate of drug-likeness (QED) is 0.512. The first-order valence-corrected chi connectivity index (χ1v) is 11.3. The molecule has 1 saturated heterocycles. The van der Waals surface area contributed by atoms with E-state index in [0.29, 0.717) is 30.1 Å². The Morgan fingerprint density at radius 1 is 1.06 bits per heavy atom. The van der Waals surface area contributed by atoms with E-state index in [2.05, 4.69) is 20.4 Å². The predicted molar refractivity (Wildman–Crippen MR) is 120 cm³/mol. The summed E-state index contributed by atoms with van der Waals surface area (Å²) in [5.74, 6) is -0.168. The molecule has 1 aromatic heterocycles. The number of cyclic esters (lactones) is 1. The number of rotatable bonds is 6. The van der Waals surface area contributed by atoms with E-state index < -0.39 is 0 Å². The summed E-state index contributed by atoms with van der Waals surface area (Å²) in [6, 6.07) is 11.4. The maximum atomic E-state index is 12.8. The minimum atomic E-state index is -0.303. The van der Waals surface area contributed by atoms with Crippen molar-refractivity contribution in [2.24, 2.45) is 0 Å². The molecule has 33 heavy (non-hydrogen) atoms. The Morgan fingerprint density at radius 3 is 2.58 bits per heavy atom. The van der Waals surface area contributed by atoms with Gasteiger partial charge in [0.25, 0.3) is 0 Å². The molecule has 9 nitrogen and oxygen atoms in total. The van der Waals surface area contributed by atoms with Gasteiger partial charge in [0.05, 0.1) is 22.7 Å². The normalized spacial score (nSPS) is 16.0. The van der Waals surface area contributed by atoms with Crippen LogP contribution in [0.5, 0.6) is 0 Å². The fourth-order valence-electron chi connectivity index (χ4n) is 4.24. The Hall–Kier alpha value is -3.30. The van der Waals surface area contributed by atoms with Gasteiger partial charge in [-0.05, 0) is 46.2 Å². The number of halogens is 1. The molecule has 5 rings (SSSR count). The molecule has 10 heteroatoms. The van der Waals surface area contributed by atoms with Gasteiger partial charge in [-0.2, -0.15) is 0 Å². The third-order valence-electron chi connectivity index (χ3n) is 6.22. The van der Waals surface area contributed by atoms with Crippen molar-refractivity contribution in [1.82, 2.24) is 30.0 Å². The Bertz CT molecular complexity index is 1160. The van der Waals surface area contributed by atoms with E-state index >= 15 is 0 Å². The van der Waals surface area contributed by atoms with E-state index in [1.54, 1.807) is 10.7 Å². The molecule has 2 aliphatic heterocycles. The van der Waals surface area contributed by atoms with Gasteiger partial charge in [0.1, 0.15) is 12.9 Å². The van der Waals surface area contributed by atoms with Crippen LogP contribution in [0.15, 0.2) is 42.7 Å². The number of fused-ring (bicyclic) bond motifs is 1. The molecule has 0 radical (unpaired) electrons. The lowest BCUT2D eigenvalue weighted by Crippen LogP contribution is -2.49. The van der Waals surface area contributed by atoms with E-state index in [1.807, 2.05) is 35.2 Å². The van der Waals surface area contributed by atoms with Gasteiger partial charge in [0, 0.05) is 38.3 Å².